The van der Waals surface area contributed by atoms with Gasteiger partial charge in [-0.15, -0.1) is 10.2 Å². The highest BCUT2D eigenvalue weighted by Crippen LogP contribution is 2.30. The number of thiazole rings is 1. The number of hydrogen-bond donors (Lipinski definition) is 0. The first kappa shape index (κ1) is 21.7. The Morgan fingerprint density at radius 3 is 2.67 bits per heavy atom. The van der Waals surface area contributed by atoms with E-state index in [4.69, 9.17) is 4.74 Å². The van der Waals surface area contributed by atoms with Crippen LogP contribution < -0.4 is 4.74 Å². The molecule has 0 N–H and O–H groups in total. The van der Waals surface area contributed by atoms with Gasteiger partial charge in [0, 0.05) is 23.5 Å². The molecular weight excluding hydrogens is 452 g/mol. The number of carbonyl (C=O) groups excluding carboxylic acids is 1. The number of hydrogen-bond acceptors (Lipinski definition) is 6. The van der Waals surface area contributed by atoms with Crippen LogP contribution in [0, 0.1) is 13.8 Å². The van der Waals surface area contributed by atoms with Gasteiger partial charge in [-0.1, -0.05) is 47.4 Å². The highest BCUT2D eigenvalue weighted by Gasteiger charge is 2.18. The number of benzene rings is 2. The van der Waals surface area contributed by atoms with E-state index in [1.54, 1.807) is 18.4 Å². The number of ketones is 1. The zero-order chi connectivity index (χ0) is 22.9. The van der Waals surface area contributed by atoms with Crippen LogP contribution in [-0.2, 0) is 13.0 Å². The lowest BCUT2D eigenvalue weighted by atomic mass is 10.1. The van der Waals surface area contributed by atoms with E-state index in [1.807, 2.05) is 41.7 Å². The van der Waals surface area contributed by atoms with Crippen LogP contribution >= 0.6 is 23.1 Å². The summed E-state index contributed by atoms with van der Waals surface area (Å²) in [7, 11) is 1.67. The molecule has 0 unspecified atom stereocenters. The van der Waals surface area contributed by atoms with Gasteiger partial charge >= 0.3 is 0 Å². The Morgan fingerprint density at radius 1 is 1.09 bits per heavy atom. The van der Waals surface area contributed by atoms with Crippen LogP contribution in [0.1, 0.15) is 27.3 Å². The molecule has 5 aromatic rings. The lowest BCUT2D eigenvalue weighted by Gasteiger charge is -2.10. The second kappa shape index (κ2) is 9.03. The number of nitrogens with zero attached hydrogens (tertiary/aromatic N) is 4. The summed E-state index contributed by atoms with van der Waals surface area (Å²) >= 11 is 3.05. The van der Waals surface area contributed by atoms with E-state index >= 15 is 0 Å². The SMILES string of the molecule is COc1ccc(CCn2c(C)cc(C(=O)CSc3nnc4sc5ccccc5n34)c2C)cc1. The van der Waals surface area contributed by atoms with Crippen molar-refractivity contribution in [2.45, 2.75) is 32.0 Å². The molecule has 0 atom stereocenters. The Morgan fingerprint density at radius 2 is 1.88 bits per heavy atom. The first-order chi connectivity index (χ1) is 16.0. The van der Waals surface area contributed by atoms with E-state index in [-0.39, 0.29) is 5.78 Å². The summed E-state index contributed by atoms with van der Waals surface area (Å²) in [6, 6.07) is 18.3. The van der Waals surface area contributed by atoms with E-state index in [0.29, 0.717) is 5.75 Å². The molecule has 33 heavy (non-hydrogen) atoms. The fourth-order valence-corrected chi connectivity index (χ4v) is 5.97. The van der Waals surface area contributed by atoms with Crippen molar-refractivity contribution in [3.8, 4) is 5.75 Å². The Bertz CT molecular complexity index is 1450. The molecule has 0 amide bonds. The number of ether oxygens (including phenoxy) is 1. The lowest BCUT2D eigenvalue weighted by molar-refractivity contribution is 0.102. The standard InChI is InChI=1S/C25H24N4O2S2/c1-16-14-20(17(2)28(16)13-12-18-8-10-19(31-3)11-9-18)22(30)15-32-24-26-27-25-29(24)21-6-4-5-7-23(21)33-25/h4-11,14H,12-13,15H2,1-3H3. The third-order valence-electron chi connectivity index (χ3n) is 5.90. The molecule has 5 rings (SSSR count). The van der Waals surface area contributed by atoms with Gasteiger partial charge < -0.3 is 9.30 Å². The number of aryl methyl sites for hydroxylation is 2. The van der Waals surface area contributed by atoms with E-state index in [9.17, 15) is 4.79 Å². The molecule has 0 bridgehead atoms. The third kappa shape index (κ3) is 4.16. The van der Waals surface area contributed by atoms with Gasteiger partial charge in [-0.2, -0.15) is 0 Å². The monoisotopic (exact) mass is 476 g/mol. The quantitative estimate of drug-likeness (QED) is 0.216. The molecule has 0 saturated carbocycles. The smallest absolute Gasteiger partial charge is 0.217 e. The fraction of sp³-hybridized carbons (Fsp3) is 0.240. The lowest BCUT2D eigenvalue weighted by Crippen LogP contribution is -2.08. The second-order valence-corrected chi connectivity index (χ2v) is 9.87. The highest BCUT2D eigenvalue weighted by molar-refractivity contribution is 7.99. The number of carbonyl (C=O) groups is 1. The van der Waals surface area contributed by atoms with Gasteiger partial charge in [0.05, 0.1) is 23.1 Å². The largest absolute Gasteiger partial charge is 0.497 e. The zero-order valence-corrected chi connectivity index (χ0v) is 20.4. The molecular formula is C25H24N4O2S2. The summed E-state index contributed by atoms with van der Waals surface area (Å²) in [5.41, 5.74) is 5.22. The number of rotatable bonds is 8. The van der Waals surface area contributed by atoms with E-state index in [0.717, 1.165) is 56.0 Å². The van der Waals surface area contributed by atoms with E-state index in [1.165, 1.54) is 17.3 Å². The molecule has 3 aromatic heterocycles. The normalized spacial score (nSPS) is 11.5. The van der Waals surface area contributed by atoms with Crippen LogP contribution in [0.15, 0.2) is 59.8 Å². The maximum Gasteiger partial charge on any atom is 0.217 e. The minimum absolute atomic E-state index is 0.111. The van der Waals surface area contributed by atoms with E-state index in [2.05, 4.69) is 46.0 Å². The molecule has 8 heteroatoms. The molecule has 0 fully saturated rings. The maximum absolute atomic E-state index is 13.1. The van der Waals surface area contributed by atoms with Gasteiger partial charge in [-0.25, -0.2) is 0 Å². The molecule has 0 radical (unpaired) electrons. The average molecular weight is 477 g/mol. The number of Topliss-reactive ketones (excluding diaryl/α,β-unsaturated/α-hetero) is 1. The van der Waals surface area contributed by atoms with Crippen molar-refractivity contribution >= 4 is 44.1 Å². The molecule has 3 heterocycles. The molecule has 6 nitrogen and oxygen atoms in total. The minimum Gasteiger partial charge on any atom is -0.497 e. The molecule has 0 aliphatic carbocycles. The molecule has 2 aromatic carbocycles. The van der Waals surface area contributed by atoms with Crippen LogP contribution in [-0.4, -0.2) is 37.8 Å². The predicted octanol–water partition coefficient (Wildman–Crippen LogP) is 5.59. The van der Waals surface area contributed by atoms with Gasteiger partial charge in [-0.3, -0.25) is 9.20 Å². The van der Waals surface area contributed by atoms with Crippen molar-refractivity contribution in [1.82, 2.24) is 19.2 Å². The van der Waals surface area contributed by atoms with Gasteiger partial charge in [0.1, 0.15) is 5.75 Å². The summed E-state index contributed by atoms with van der Waals surface area (Å²) in [5.74, 6) is 1.30. The Balaban J connectivity index is 1.29. The number of para-hydroxylation sites is 1. The van der Waals surface area contributed by atoms with Crippen molar-refractivity contribution < 1.29 is 9.53 Å². The van der Waals surface area contributed by atoms with Crippen molar-refractivity contribution in [1.29, 1.82) is 0 Å². The van der Waals surface area contributed by atoms with Gasteiger partial charge in [-0.05, 0) is 56.2 Å². The van der Waals surface area contributed by atoms with Crippen molar-refractivity contribution in [3.63, 3.8) is 0 Å². The maximum atomic E-state index is 13.1. The van der Waals surface area contributed by atoms with Gasteiger partial charge in [0.15, 0.2) is 10.9 Å². The predicted molar refractivity (Wildman–Crippen MR) is 134 cm³/mol. The summed E-state index contributed by atoms with van der Waals surface area (Å²) in [5, 5.41) is 9.36. The molecule has 0 spiro atoms. The molecule has 0 saturated heterocycles. The third-order valence-corrected chi connectivity index (χ3v) is 7.84. The van der Waals surface area contributed by atoms with Crippen molar-refractivity contribution in [2.75, 3.05) is 12.9 Å². The Labute approximate surface area is 200 Å². The minimum atomic E-state index is 0.111. The summed E-state index contributed by atoms with van der Waals surface area (Å²) in [6.07, 6.45) is 0.895. The van der Waals surface area contributed by atoms with Crippen LogP contribution in [0.4, 0.5) is 0 Å². The number of aromatic nitrogens is 4. The highest BCUT2D eigenvalue weighted by atomic mass is 32.2. The van der Waals surface area contributed by atoms with Gasteiger partial charge in [0.2, 0.25) is 4.96 Å². The Kier molecular flexibility index (Phi) is 5.95. The topological polar surface area (TPSA) is 61.4 Å². The second-order valence-electron chi connectivity index (χ2n) is 7.92. The van der Waals surface area contributed by atoms with Gasteiger partial charge in [0.25, 0.3) is 0 Å². The molecule has 0 aliphatic rings. The van der Waals surface area contributed by atoms with Crippen LogP contribution in [0.5, 0.6) is 5.75 Å². The first-order valence-corrected chi connectivity index (χ1v) is 12.5. The van der Waals surface area contributed by atoms with Crippen molar-refractivity contribution in [3.05, 3.63) is 77.1 Å². The van der Waals surface area contributed by atoms with Crippen LogP contribution in [0.2, 0.25) is 0 Å². The number of fused-ring (bicyclic) bond motifs is 3. The zero-order valence-electron chi connectivity index (χ0n) is 18.7. The van der Waals surface area contributed by atoms with Crippen LogP contribution in [0.25, 0.3) is 15.2 Å². The Hall–Kier alpha value is -3.10. The average Bonchev–Trinajstić information content (AvgIpc) is 3.48. The summed E-state index contributed by atoms with van der Waals surface area (Å²) < 4.78 is 10.7. The van der Waals surface area contributed by atoms with E-state index < -0.39 is 0 Å². The fourth-order valence-electron chi connectivity index (χ4n) is 4.12. The van der Waals surface area contributed by atoms with Crippen LogP contribution in [0.3, 0.4) is 0 Å². The molecule has 168 valence electrons. The first-order valence-electron chi connectivity index (χ1n) is 10.7. The number of methoxy groups -OCH3 is 1. The summed E-state index contributed by atoms with van der Waals surface area (Å²) in [4.78, 5) is 14.0. The number of thioether (sulfide) groups is 1. The summed E-state index contributed by atoms with van der Waals surface area (Å²) in [6.45, 7) is 4.92. The van der Waals surface area contributed by atoms with Crippen molar-refractivity contribution in [2.24, 2.45) is 0 Å². The molecule has 0 aliphatic heterocycles.